The third-order valence-corrected chi connectivity index (χ3v) is 17.5. The molecular weight excluding hydrogens is 1100 g/mol. The molecule has 0 bridgehead atoms. The number of amides is 5. The summed E-state index contributed by atoms with van der Waals surface area (Å²) in [5, 5.41) is 26.3. The SMILES string of the molecule is C[C@]12C=CC(=O)C=C1CC[C@H]1[C@@H]3C[C@H]4O[C@@H](c5cc(Cc6ccc(COCNC(=O)CNC(=O)[C@H](Cc7ccccc7)NC(=O)CNC(=O)CNC(=O)CBr)cc6)cs5)O[C@@]4(C(=O)COP(=O)(O)O)[C@@]3(C)C[C@H](O)[C@@]12F. The van der Waals surface area contributed by atoms with Gasteiger partial charge < -0.3 is 55.7 Å². The molecule has 4 aliphatic carbocycles. The molecule has 1 aromatic heterocycles. The number of phosphoric acid groups is 1. The monoisotopic (exact) mass is 1160 g/mol. The number of Topliss-reactive ketones (excluding diaryl/α,β-unsaturated/α-hetero) is 1. The van der Waals surface area contributed by atoms with E-state index in [1.807, 2.05) is 35.7 Å². The van der Waals surface area contributed by atoms with Gasteiger partial charge in [0.1, 0.15) is 19.4 Å². The van der Waals surface area contributed by atoms with Crippen molar-refractivity contribution >= 4 is 76.2 Å². The van der Waals surface area contributed by atoms with Crippen molar-refractivity contribution in [1.82, 2.24) is 26.6 Å². The van der Waals surface area contributed by atoms with Crippen LogP contribution in [0.1, 0.15) is 73.0 Å². The minimum Gasteiger partial charge on any atom is -0.390 e. The molecule has 4 fully saturated rings. The summed E-state index contributed by atoms with van der Waals surface area (Å²) < 4.78 is 53.4. The van der Waals surface area contributed by atoms with Gasteiger partial charge in [-0.3, -0.25) is 38.1 Å². The fraction of sp³-hybridized carbons (Fsp3) is 0.481. The van der Waals surface area contributed by atoms with Crippen LogP contribution in [0.4, 0.5) is 4.39 Å². The van der Waals surface area contributed by atoms with Crippen LogP contribution in [0.25, 0.3) is 0 Å². The van der Waals surface area contributed by atoms with Crippen LogP contribution in [0, 0.1) is 22.7 Å². The predicted octanol–water partition coefficient (Wildman–Crippen LogP) is 3.21. The Labute approximate surface area is 449 Å². The van der Waals surface area contributed by atoms with Gasteiger partial charge in [-0.2, -0.15) is 0 Å². The molecule has 76 heavy (non-hydrogen) atoms. The molecule has 2 heterocycles. The number of allylic oxidation sites excluding steroid dienone is 4. The van der Waals surface area contributed by atoms with Crippen LogP contribution in [0.3, 0.4) is 0 Å². The Morgan fingerprint density at radius 1 is 0.895 bits per heavy atom. The first kappa shape index (κ1) is 56.9. The summed E-state index contributed by atoms with van der Waals surface area (Å²) in [6.07, 6.45) is 1.90. The van der Waals surface area contributed by atoms with Crippen LogP contribution in [0.5, 0.6) is 0 Å². The largest absolute Gasteiger partial charge is 0.470 e. The van der Waals surface area contributed by atoms with E-state index in [0.717, 1.165) is 22.3 Å². The van der Waals surface area contributed by atoms with Gasteiger partial charge in [-0.05, 0) is 90.8 Å². The number of hydrogen-bond acceptors (Lipinski definition) is 14. The molecule has 8 rings (SSSR count). The molecule has 3 aromatic rings. The van der Waals surface area contributed by atoms with Crippen molar-refractivity contribution in [2.45, 2.75) is 94.8 Å². The first-order chi connectivity index (χ1) is 36.1. The summed E-state index contributed by atoms with van der Waals surface area (Å²) in [5.41, 5.74) is -2.58. The van der Waals surface area contributed by atoms with E-state index < -0.39 is 121 Å². The van der Waals surface area contributed by atoms with Gasteiger partial charge in [0.15, 0.2) is 29.1 Å². The summed E-state index contributed by atoms with van der Waals surface area (Å²) in [6, 6.07) is 17.3. The lowest BCUT2D eigenvalue weighted by molar-refractivity contribution is -0.231. The number of alkyl halides is 2. The minimum absolute atomic E-state index is 0.0106. The average molecular weight is 1160 g/mol. The Bertz CT molecular complexity index is 2830. The zero-order valence-corrected chi connectivity index (χ0v) is 44.9. The van der Waals surface area contributed by atoms with E-state index in [0.29, 0.717) is 29.7 Å². The molecule has 0 unspecified atom stereocenters. The number of carbonyl (C=O) groups is 7. The predicted molar refractivity (Wildman–Crippen MR) is 274 cm³/mol. The number of fused-ring (bicyclic) bond motifs is 7. The maximum Gasteiger partial charge on any atom is 0.470 e. The second-order valence-corrected chi connectivity index (χ2v) is 22.9. The summed E-state index contributed by atoms with van der Waals surface area (Å²) in [7, 11) is -5.10. The molecule has 8 N–H and O–H groups in total. The number of nitrogens with one attached hydrogen (secondary N) is 5. The Kier molecular flexibility index (Phi) is 17.5. The first-order valence-electron chi connectivity index (χ1n) is 24.7. The normalized spacial score (nSPS) is 28.6. The highest BCUT2D eigenvalue weighted by molar-refractivity contribution is 9.09. The third-order valence-electron chi connectivity index (χ3n) is 15.5. The van der Waals surface area contributed by atoms with Crippen molar-refractivity contribution < 1.29 is 76.1 Å². The van der Waals surface area contributed by atoms with E-state index in [9.17, 15) is 53.0 Å². The number of phosphoric ester groups is 1. The second-order valence-electron chi connectivity index (χ2n) is 20.2. The van der Waals surface area contributed by atoms with E-state index in [-0.39, 0.29) is 50.3 Å². The zero-order valence-electron chi connectivity index (χ0n) is 41.6. The lowest BCUT2D eigenvalue weighted by Gasteiger charge is -2.62. The van der Waals surface area contributed by atoms with Crippen molar-refractivity contribution in [3.8, 4) is 0 Å². The fourth-order valence-corrected chi connectivity index (χ4v) is 13.2. The Balaban J connectivity index is 0.829. The third kappa shape index (κ3) is 11.9. The Hall–Kier alpha value is -5.33. The fourth-order valence-electron chi connectivity index (χ4n) is 11.9. The average Bonchev–Trinajstić information content (AvgIpc) is 4.27. The van der Waals surface area contributed by atoms with Crippen molar-refractivity contribution in [2.24, 2.45) is 22.7 Å². The summed E-state index contributed by atoms with van der Waals surface area (Å²) >= 11 is 4.31. The molecule has 408 valence electrons. The van der Waals surface area contributed by atoms with Gasteiger partial charge >= 0.3 is 7.82 Å². The van der Waals surface area contributed by atoms with Gasteiger partial charge in [-0.25, -0.2) is 8.96 Å². The number of aliphatic hydroxyl groups excluding tert-OH is 1. The molecule has 2 aromatic carbocycles. The number of benzene rings is 2. The lowest BCUT2D eigenvalue weighted by atomic mass is 9.44. The Morgan fingerprint density at radius 3 is 2.30 bits per heavy atom. The van der Waals surface area contributed by atoms with Gasteiger partial charge in [0.2, 0.25) is 29.5 Å². The number of carbonyl (C=O) groups excluding carboxylic acids is 7. The number of ether oxygens (including phenoxy) is 3. The van der Waals surface area contributed by atoms with E-state index in [1.165, 1.54) is 23.5 Å². The number of thiophene rings is 1. The summed E-state index contributed by atoms with van der Waals surface area (Å²) in [6.45, 7) is 1.24. The van der Waals surface area contributed by atoms with Gasteiger partial charge in [-0.1, -0.05) is 89.1 Å². The zero-order chi connectivity index (χ0) is 54.6. The smallest absolute Gasteiger partial charge is 0.390 e. The van der Waals surface area contributed by atoms with Crippen molar-refractivity contribution in [3.05, 3.63) is 117 Å². The second kappa shape index (κ2) is 23.3. The van der Waals surface area contributed by atoms with Gasteiger partial charge in [0.25, 0.3) is 0 Å². The molecular formula is C52H60BrFN5O15PS. The van der Waals surface area contributed by atoms with Crippen LogP contribution in [-0.4, -0.2) is 124 Å². The van der Waals surface area contributed by atoms with E-state index in [1.54, 1.807) is 50.3 Å². The minimum atomic E-state index is -5.10. The van der Waals surface area contributed by atoms with Crippen LogP contribution in [0.2, 0.25) is 0 Å². The maximum atomic E-state index is 17.9. The first-order valence-corrected chi connectivity index (χ1v) is 28.2. The molecule has 10 atom stereocenters. The molecule has 1 aliphatic heterocycles. The van der Waals surface area contributed by atoms with Crippen molar-refractivity contribution in [2.75, 3.05) is 38.3 Å². The Morgan fingerprint density at radius 2 is 1.58 bits per heavy atom. The number of ketones is 2. The van der Waals surface area contributed by atoms with Crippen LogP contribution >= 0.6 is 35.1 Å². The van der Waals surface area contributed by atoms with Gasteiger partial charge in [-0.15, -0.1) is 11.3 Å². The van der Waals surface area contributed by atoms with E-state index in [4.69, 9.17) is 18.7 Å². The van der Waals surface area contributed by atoms with E-state index >= 15 is 4.39 Å². The topological polar surface area (TPSA) is 294 Å². The lowest BCUT2D eigenvalue weighted by Crippen LogP contribution is -2.69. The van der Waals surface area contributed by atoms with Crippen LogP contribution < -0.4 is 26.6 Å². The maximum absolute atomic E-state index is 17.9. The molecule has 0 radical (unpaired) electrons. The van der Waals surface area contributed by atoms with E-state index in [2.05, 4.69) is 42.5 Å². The summed E-state index contributed by atoms with van der Waals surface area (Å²) in [5.74, 6) is -5.20. The highest BCUT2D eigenvalue weighted by Gasteiger charge is 2.79. The number of aliphatic hydroxyl groups is 1. The van der Waals surface area contributed by atoms with Crippen molar-refractivity contribution in [3.63, 3.8) is 0 Å². The molecule has 0 spiro atoms. The highest BCUT2D eigenvalue weighted by atomic mass is 79.9. The molecule has 1 saturated heterocycles. The molecule has 3 saturated carbocycles. The molecule has 24 heteroatoms. The van der Waals surface area contributed by atoms with Gasteiger partial charge in [0, 0.05) is 23.2 Å². The van der Waals surface area contributed by atoms with Crippen molar-refractivity contribution in [1.29, 1.82) is 0 Å². The molecule has 5 amide bonds. The van der Waals surface area contributed by atoms with Crippen LogP contribution in [0.15, 0.2) is 89.8 Å². The van der Waals surface area contributed by atoms with Crippen LogP contribution in [-0.2, 0) is 76.3 Å². The number of hydrogen-bond donors (Lipinski definition) is 8. The standard InChI is InChI=1S/C52H60BrFN5O15PS/c1-49-15-14-35(60)19-34(49)12-13-36-37-20-42-52(41(62)27-72-75(68,69)70,50(37,2)21-40(61)51(36,49)54)74-48(73-42)39-18-33(28-76-39)16-31-8-10-32(11-9-31)26-71-29-58-45(65)24-57-47(67)38(17-30-6-4-3-5-7-30)59-46(66)25-56-44(64)23-55-43(63)22-53/h3-11,14-15,18-19,28,36-38,40,42,48,61H,12-13,16-17,20-27,29H2,1-2H3,(H,55,63)(H,56,64)(H,57,67)(H,58,65)(H,59,66)(H2,68,69,70)/t36-,37-,38-,40-,42+,48+,49-,50-,51-,52+/m0/s1. The molecule has 5 aliphatic rings. The summed E-state index contributed by atoms with van der Waals surface area (Å²) in [4.78, 5) is 108. The van der Waals surface area contributed by atoms with Gasteiger partial charge in [0.05, 0.1) is 48.7 Å². The number of rotatable bonds is 22. The number of halogens is 2. The highest BCUT2D eigenvalue weighted by Crippen LogP contribution is 2.72. The quantitative estimate of drug-likeness (QED) is 0.0310. The molecule has 20 nitrogen and oxygen atoms in total.